The Balaban J connectivity index is 1.50. The molecule has 1 aromatic heterocycles. The predicted octanol–water partition coefficient (Wildman–Crippen LogP) is 2.55. The molecule has 1 aliphatic carbocycles. The molecule has 1 atom stereocenters. The van der Waals surface area contributed by atoms with E-state index in [1.165, 1.54) is 50.8 Å². The second-order valence-electron chi connectivity index (χ2n) is 5.92. The van der Waals surface area contributed by atoms with Crippen molar-refractivity contribution in [2.75, 3.05) is 25.0 Å². The highest BCUT2D eigenvalue weighted by Crippen LogP contribution is 2.32. The summed E-state index contributed by atoms with van der Waals surface area (Å²) in [4.78, 5) is 0. The lowest BCUT2D eigenvalue weighted by Gasteiger charge is -2.23. The van der Waals surface area contributed by atoms with Crippen molar-refractivity contribution < 1.29 is 0 Å². The van der Waals surface area contributed by atoms with E-state index in [0.717, 1.165) is 24.8 Å². The molecule has 4 nitrogen and oxygen atoms in total. The van der Waals surface area contributed by atoms with Gasteiger partial charge in [-0.05, 0) is 56.8 Å². The molecular formula is C15H24N4. The van der Waals surface area contributed by atoms with E-state index in [9.17, 15) is 0 Å². The maximum Gasteiger partial charge on any atom is 0.148 e. The van der Waals surface area contributed by atoms with Crippen molar-refractivity contribution in [3.8, 4) is 0 Å². The molecule has 2 N–H and O–H groups in total. The van der Waals surface area contributed by atoms with Crippen LogP contribution in [0.2, 0.25) is 0 Å². The number of anilines is 1. The number of nitrogens with one attached hydrogen (secondary N) is 2. The summed E-state index contributed by atoms with van der Waals surface area (Å²) < 4.78 is 0. The van der Waals surface area contributed by atoms with Gasteiger partial charge in [0.05, 0.1) is 5.69 Å². The zero-order chi connectivity index (χ0) is 12.9. The van der Waals surface area contributed by atoms with Crippen LogP contribution in [0.25, 0.3) is 0 Å². The highest BCUT2D eigenvalue weighted by atomic mass is 15.2. The van der Waals surface area contributed by atoms with Gasteiger partial charge in [-0.2, -0.15) is 5.10 Å². The van der Waals surface area contributed by atoms with E-state index in [0.29, 0.717) is 5.92 Å². The first-order valence-electron chi connectivity index (χ1n) is 7.70. The Labute approximate surface area is 115 Å². The van der Waals surface area contributed by atoms with E-state index in [4.69, 9.17) is 0 Å². The monoisotopic (exact) mass is 260 g/mol. The third-order valence-corrected chi connectivity index (χ3v) is 4.43. The molecule has 0 radical (unpaired) electrons. The molecule has 19 heavy (non-hydrogen) atoms. The van der Waals surface area contributed by atoms with Gasteiger partial charge in [0.25, 0.3) is 0 Å². The van der Waals surface area contributed by atoms with Gasteiger partial charge in [-0.15, -0.1) is 5.10 Å². The van der Waals surface area contributed by atoms with Crippen LogP contribution >= 0.6 is 0 Å². The fourth-order valence-electron chi connectivity index (χ4n) is 3.22. The lowest BCUT2D eigenvalue weighted by molar-refractivity contribution is 0.392. The largest absolute Gasteiger partial charge is 0.368 e. The number of hydrogen-bond donors (Lipinski definition) is 2. The summed E-state index contributed by atoms with van der Waals surface area (Å²) in [5, 5.41) is 15.6. The van der Waals surface area contributed by atoms with Gasteiger partial charge in [0.15, 0.2) is 0 Å². The van der Waals surface area contributed by atoms with Crippen molar-refractivity contribution in [1.82, 2.24) is 15.5 Å². The Morgan fingerprint density at radius 2 is 2.00 bits per heavy atom. The Morgan fingerprint density at radius 3 is 2.68 bits per heavy atom. The molecule has 1 aromatic rings. The van der Waals surface area contributed by atoms with Crippen molar-refractivity contribution in [3.05, 3.63) is 17.8 Å². The van der Waals surface area contributed by atoms with Gasteiger partial charge in [0.2, 0.25) is 0 Å². The summed E-state index contributed by atoms with van der Waals surface area (Å²) in [6.45, 7) is 3.30. The summed E-state index contributed by atoms with van der Waals surface area (Å²) in [5.41, 5.74) is 1.18. The molecule has 0 bridgehead atoms. The minimum absolute atomic E-state index is 0.657. The Bertz CT molecular complexity index is 378. The van der Waals surface area contributed by atoms with E-state index in [2.05, 4.69) is 33.0 Å². The first-order chi connectivity index (χ1) is 9.42. The van der Waals surface area contributed by atoms with E-state index in [1.54, 1.807) is 0 Å². The Hall–Kier alpha value is -1.16. The first kappa shape index (κ1) is 12.9. The lowest BCUT2D eigenvalue weighted by atomic mass is 10.00. The second kappa shape index (κ2) is 6.33. The number of aromatic nitrogens is 2. The molecule has 3 rings (SSSR count). The molecule has 2 heterocycles. The van der Waals surface area contributed by atoms with Gasteiger partial charge in [0.1, 0.15) is 5.82 Å². The van der Waals surface area contributed by atoms with E-state index < -0.39 is 0 Å². The van der Waals surface area contributed by atoms with Crippen LogP contribution in [0.15, 0.2) is 12.1 Å². The number of hydrogen-bond acceptors (Lipinski definition) is 4. The van der Waals surface area contributed by atoms with E-state index in [-0.39, 0.29) is 0 Å². The molecule has 4 heteroatoms. The standard InChI is InChI=1S/C15H24N4/c1-2-6-13(5-1)14-7-8-15(19-18-14)17-11-12-4-3-9-16-10-12/h7-8,12-13,16H,1-6,9-11H2,(H,17,19). The summed E-state index contributed by atoms with van der Waals surface area (Å²) in [7, 11) is 0. The molecule has 1 saturated heterocycles. The van der Waals surface area contributed by atoms with Crippen LogP contribution < -0.4 is 10.6 Å². The average Bonchev–Trinajstić information content (AvgIpc) is 3.01. The van der Waals surface area contributed by atoms with Crippen molar-refractivity contribution in [2.24, 2.45) is 5.92 Å². The zero-order valence-corrected chi connectivity index (χ0v) is 11.6. The average molecular weight is 260 g/mol. The number of rotatable bonds is 4. The molecule has 1 saturated carbocycles. The van der Waals surface area contributed by atoms with E-state index in [1.807, 2.05) is 0 Å². The molecule has 0 aromatic carbocycles. The molecule has 0 spiro atoms. The molecule has 0 amide bonds. The highest BCUT2D eigenvalue weighted by Gasteiger charge is 2.18. The summed E-state index contributed by atoms with van der Waals surface area (Å²) in [6.07, 6.45) is 7.87. The van der Waals surface area contributed by atoms with E-state index >= 15 is 0 Å². The van der Waals surface area contributed by atoms with Crippen molar-refractivity contribution >= 4 is 5.82 Å². The van der Waals surface area contributed by atoms with Crippen LogP contribution in [0.5, 0.6) is 0 Å². The zero-order valence-electron chi connectivity index (χ0n) is 11.6. The second-order valence-corrected chi connectivity index (χ2v) is 5.92. The van der Waals surface area contributed by atoms with Gasteiger partial charge in [-0.1, -0.05) is 12.8 Å². The first-order valence-corrected chi connectivity index (χ1v) is 7.70. The normalized spacial score (nSPS) is 24.5. The SMILES string of the molecule is c1cc(C2CCCC2)nnc1NCC1CCCNC1. The molecule has 2 fully saturated rings. The fraction of sp³-hybridized carbons (Fsp3) is 0.733. The number of piperidine rings is 1. The highest BCUT2D eigenvalue weighted by molar-refractivity contribution is 5.33. The topological polar surface area (TPSA) is 49.8 Å². The van der Waals surface area contributed by atoms with Crippen molar-refractivity contribution in [2.45, 2.75) is 44.4 Å². The van der Waals surface area contributed by atoms with Crippen LogP contribution in [0.4, 0.5) is 5.82 Å². The lowest BCUT2D eigenvalue weighted by Crippen LogP contribution is -2.33. The van der Waals surface area contributed by atoms with Gasteiger partial charge in [-0.25, -0.2) is 0 Å². The van der Waals surface area contributed by atoms with Gasteiger partial charge in [0, 0.05) is 12.5 Å². The summed E-state index contributed by atoms with van der Waals surface area (Å²) in [6, 6.07) is 4.25. The third kappa shape index (κ3) is 3.44. The summed E-state index contributed by atoms with van der Waals surface area (Å²) >= 11 is 0. The van der Waals surface area contributed by atoms with Gasteiger partial charge < -0.3 is 10.6 Å². The van der Waals surface area contributed by atoms with Crippen molar-refractivity contribution in [1.29, 1.82) is 0 Å². The molecule has 1 aliphatic heterocycles. The maximum atomic E-state index is 4.40. The number of nitrogens with zero attached hydrogens (tertiary/aromatic N) is 2. The molecule has 2 aliphatic rings. The van der Waals surface area contributed by atoms with Crippen LogP contribution in [0, 0.1) is 5.92 Å². The Kier molecular flexibility index (Phi) is 4.28. The third-order valence-electron chi connectivity index (χ3n) is 4.43. The van der Waals surface area contributed by atoms with Crippen molar-refractivity contribution in [3.63, 3.8) is 0 Å². The van der Waals surface area contributed by atoms with Crippen LogP contribution in [-0.4, -0.2) is 29.8 Å². The Morgan fingerprint density at radius 1 is 1.11 bits per heavy atom. The smallest absolute Gasteiger partial charge is 0.148 e. The minimum Gasteiger partial charge on any atom is -0.368 e. The minimum atomic E-state index is 0.657. The molecule has 104 valence electrons. The van der Waals surface area contributed by atoms with Gasteiger partial charge in [-0.3, -0.25) is 0 Å². The molecular weight excluding hydrogens is 236 g/mol. The van der Waals surface area contributed by atoms with Crippen LogP contribution in [-0.2, 0) is 0 Å². The van der Waals surface area contributed by atoms with Crippen LogP contribution in [0.1, 0.15) is 50.1 Å². The predicted molar refractivity (Wildman–Crippen MR) is 77.3 cm³/mol. The maximum absolute atomic E-state index is 4.40. The van der Waals surface area contributed by atoms with Crippen LogP contribution in [0.3, 0.4) is 0 Å². The van der Waals surface area contributed by atoms with Gasteiger partial charge >= 0.3 is 0 Å². The quantitative estimate of drug-likeness (QED) is 0.873. The fourth-order valence-corrected chi connectivity index (χ4v) is 3.22. The molecule has 1 unspecified atom stereocenters. The summed E-state index contributed by atoms with van der Waals surface area (Å²) in [5.74, 6) is 2.31.